The molecule has 9 nitrogen and oxygen atoms in total. The third-order valence-electron chi connectivity index (χ3n) is 4.69. The number of carbonyl (C=O) groups is 3. The van der Waals surface area contributed by atoms with Gasteiger partial charge in [0.25, 0.3) is 5.91 Å². The smallest absolute Gasteiger partial charge is 0.431 e. The van der Waals surface area contributed by atoms with Crippen LogP contribution in [-0.4, -0.2) is 40.8 Å². The van der Waals surface area contributed by atoms with E-state index in [0.29, 0.717) is 18.5 Å². The predicted octanol–water partition coefficient (Wildman–Crippen LogP) is 4.58. The molecule has 2 unspecified atom stereocenters. The van der Waals surface area contributed by atoms with Crippen LogP contribution in [-0.2, 0) is 30.3 Å². The van der Waals surface area contributed by atoms with Gasteiger partial charge in [-0.15, -0.1) is 0 Å². The maximum absolute atomic E-state index is 12.8. The lowest BCUT2D eigenvalue weighted by molar-refractivity contribution is -0.169. The van der Waals surface area contributed by atoms with Gasteiger partial charge in [0.1, 0.15) is 5.60 Å². The quantitative estimate of drug-likeness (QED) is 0.253. The van der Waals surface area contributed by atoms with Gasteiger partial charge in [0, 0.05) is 18.5 Å². The van der Waals surface area contributed by atoms with Crippen molar-refractivity contribution >= 4 is 18.0 Å². The number of aliphatic hydroxyl groups excluding tert-OH is 1. The summed E-state index contributed by atoms with van der Waals surface area (Å²) in [4.78, 5) is 41.6. The Kier molecular flexibility index (Phi) is 11.4. The number of hydrogen-bond donors (Lipinski definition) is 3. The lowest BCUT2D eigenvalue weighted by Gasteiger charge is -2.25. The maximum Gasteiger partial charge on any atom is 0.431 e. The molecule has 0 aliphatic heterocycles. The third-order valence-corrected chi connectivity index (χ3v) is 4.69. The molecule has 0 aromatic heterocycles. The largest absolute Gasteiger partial charge is 0.460 e. The fourth-order valence-corrected chi connectivity index (χ4v) is 3.03. The number of amides is 2. The minimum atomic E-state index is -1.06. The first kappa shape index (κ1) is 31.4. The van der Waals surface area contributed by atoms with E-state index in [1.807, 2.05) is 53.7 Å². The van der Waals surface area contributed by atoms with E-state index in [2.05, 4.69) is 10.8 Å². The van der Waals surface area contributed by atoms with Crippen molar-refractivity contribution in [1.29, 1.82) is 0 Å². The van der Waals surface area contributed by atoms with E-state index in [1.165, 1.54) is 0 Å². The Balaban J connectivity index is 2.76. The zero-order valence-corrected chi connectivity index (χ0v) is 23.2. The highest BCUT2D eigenvalue weighted by Gasteiger charge is 2.27. The van der Waals surface area contributed by atoms with Gasteiger partial charge >= 0.3 is 12.1 Å². The fourth-order valence-electron chi connectivity index (χ4n) is 3.03. The molecule has 3 N–H and O–H groups in total. The Morgan fingerprint density at radius 3 is 2.00 bits per heavy atom. The molecule has 0 saturated heterocycles. The summed E-state index contributed by atoms with van der Waals surface area (Å²) in [7, 11) is 0. The number of esters is 1. The van der Waals surface area contributed by atoms with Crippen LogP contribution in [0.3, 0.4) is 0 Å². The summed E-state index contributed by atoms with van der Waals surface area (Å²) in [5.74, 6) is -1.53. The van der Waals surface area contributed by atoms with Crippen LogP contribution in [0.1, 0.15) is 92.6 Å². The number of rotatable bonds is 9. The van der Waals surface area contributed by atoms with Gasteiger partial charge in [0.15, 0.2) is 6.29 Å². The number of aliphatic hydroxyl groups is 1. The molecule has 2 amide bonds. The zero-order valence-electron chi connectivity index (χ0n) is 23.2. The second-order valence-electron chi connectivity index (χ2n) is 12.1. The van der Waals surface area contributed by atoms with Crippen LogP contribution in [0, 0.1) is 11.3 Å². The number of benzene rings is 1. The maximum atomic E-state index is 12.8. The van der Waals surface area contributed by atoms with Crippen LogP contribution in [0.25, 0.3) is 0 Å². The first-order valence-electron chi connectivity index (χ1n) is 12.3. The van der Waals surface area contributed by atoms with Crippen LogP contribution < -0.4 is 10.8 Å². The van der Waals surface area contributed by atoms with Crippen molar-refractivity contribution in [3.05, 3.63) is 35.4 Å². The highest BCUT2D eigenvalue weighted by molar-refractivity contribution is 5.79. The predicted molar refractivity (Wildman–Crippen MR) is 137 cm³/mol. The summed E-state index contributed by atoms with van der Waals surface area (Å²) in [5.41, 5.74) is 2.26. The summed E-state index contributed by atoms with van der Waals surface area (Å²) in [6.07, 6.45) is -1.31. The van der Waals surface area contributed by atoms with E-state index in [0.717, 1.165) is 5.56 Å². The average molecular weight is 509 g/mol. The van der Waals surface area contributed by atoms with Crippen LogP contribution in [0.5, 0.6) is 0 Å². The first-order valence-corrected chi connectivity index (χ1v) is 12.3. The van der Waals surface area contributed by atoms with Crippen LogP contribution in [0.4, 0.5) is 4.79 Å². The molecule has 36 heavy (non-hydrogen) atoms. The van der Waals surface area contributed by atoms with Crippen molar-refractivity contribution in [2.75, 3.05) is 6.54 Å². The number of carbonyl (C=O) groups excluding carboxylic acids is 3. The van der Waals surface area contributed by atoms with Gasteiger partial charge in [0.2, 0.25) is 0 Å². The van der Waals surface area contributed by atoms with Gasteiger partial charge in [-0.3, -0.25) is 9.59 Å². The summed E-state index contributed by atoms with van der Waals surface area (Å²) in [6, 6.07) is 7.11. The Hall–Kier alpha value is -2.65. The van der Waals surface area contributed by atoms with E-state index in [1.54, 1.807) is 32.9 Å². The summed E-state index contributed by atoms with van der Waals surface area (Å²) >= 11 is 0. The molecular weight excluding hydrogens is 464 g/mol. The average Bonchev–Trinajstić information content (AvgIpc) is 2.71. The van der Waals surface area contributed by atoms with Gasteiger partial charge in [-0.05, 0) is 65.4 Å². The SMILES string of the molecule is CC(C)(C)CNC(=O)ONC(=O)CCC(Cc1ccc(C(O)OC(C)(C)C)cc1)C(=O)OC(C)(C)C. The van der Waals surface area contributed by atoms with E-state index in [9.17, 15) is 19.5 Å². The van der Waals surface area contributed by atoms with E-state index >= 15 is 0 Å². The van der Waals surface area contributed by atoms with Gasteiger partial charge in [0.05, 0.1) is 11.5 Å². The third kappa shape index (κ3) is 14.0. The summed E-state index contributed by atoms with van der Waals surface area (Å²) in [6.45, 7) is 17.2. The first-order chi connectivity index (χ1) is 16.3. The monoisotopic (exact) mass is 508 g/mol. The summed E-state index contributed by atoms with van der Waals surface area (Å²) in [5, 5.41) is 12.8. The Morgan fingerprint density at radius 1 is 0.917 bits per heavy atom. The molecule has 0 radical (unpaired) electrons. The highest BCUT2D eigenvalue weighted by atomic mass is 16.7. The van der Waals surface area contributed by atoms with Crippen molar-refractivity contribution in [2.24, 2.45) is 11.3 Å². The molecule has 1 aromatic rings. The molecule has 1 rings (SSSR count). The minimum Gasteiger partial charge on any atom is -0.460 e. The van der Waals surface area contributed by atoms with E-state index in [-0.39, 0.29) is 18.3 Å². The van der Waals surface area contributed by atoms with Gasteiger partial charge in [-0.2, -0.15) is 5.48 Å². The molecule has 0 heterocycles. The number of ether oxygens (including phenoxy) is 2. The Morgan fingerprint density at radius 2 is 1.50 bits per heavy atom. The van der Waals surface area contributed by atoms with Gasteiger partial charge in [-0.25, -0.2) is 4.79 Å². The normalized spacial score (nSPS) is 13.9. The molecule has 2 atom stereocenters. The molecule has 9 heteroatoms. The topological polar surface area (TPSA) is 123 Å². The Bertz CT molecular complexity index is 862. The molecule has 0 bridgehead atoms. The standard InChI is InChI=1S/C27H44N2O7/c1-25(2,3)17-28-24(33)36-29-21(30)15-14-20(23(32)35-27(7,8)9)16-18-10-12-19(13-11-18)22(31)34-26(4,5)6/h10-13,20,22,31H,14-17H2,1-9H3,(H,28,33)(H,29,30). The molecule has 0 aliphatic carbocycles. The molecule has 1 aromatic carbocycles. The molecular formula is C27H44N2O7. The fraction of sp³-hybridized carbons (Fsp3) is 0.667. The van der Waals surface area contributed by atoms with E-state index < -0.39 is 41.4 Å². The van der Waals surface area contributed by atoms with Crippen molar-refractivity contribution in [1.82, 2.24) is 10.8 Å². The molecule has 0 aliphatic rings. The van der Waals surface area contributed by atoms with Crippen molar-refractivity contribution in [3.63, 3.8) is 0 Å². The van der Waals surface area contributed by atoms with Crippen LogP contribution >= 0.6 is 0 Å². The van der Waals surface area contributed by atoms with Crippen molar-refractivity contribution in [2.45, 2.75) is 99.1 Å². The molecule has 0 fully saturated rings. The van der Waals surface area contributed by atoms with Crippen LogP contribution in [0.15, 0.2) is 24.3 Å². The van der Waals surface area contributed by atoms with E-state index in [4.69, 9.17) is 14.3 Å². The second-order valence-corrected chi connectivity index (χ2v) is 12.1. The minimum absolute atomic E-state index is 0.0350. The van der Waals surface area contributed by atoms with Crippen molar-refractivity contribution in [3.8, 4) is 0 Å². The number of hydroxylamine groups is 1. The van der Waals surface area contributed by atoms with Gasteiger partial charge < -0.3 is 24.7 Å². The lowest BCUT2D eigenvalue weighted by Crippen LogP contribution is -2.37. The molecule has 0 spiro atoms. The Labute approximate surface area is 215 Å². The zero-order chi connectivity index (χ0) is 27.7. The number of nitrogens with one attached hydrogen (secondary N) is 2. The molecule has 204 valence electrons. The lowest BCUT2D eigenvalue weighted by atomic mass is 9.93. The van der Waals surface area contributed by atoms with Gasteiger partial charge in [-0.1, -0.05) is 45.0 Å². The summed E-state index contributed by atoms with van der Waals surface area (Å²) < 4.78 is 11.1. The second kappa shape index (κ2) is 13.1. The van der Waals surface area contributed by atoms with Crippen LogP contribution in [0.2, 0.25) is 0 Å². The highest BCUT2D eigenvalue weighted by Crippen LogP contribution is 2.24. The number of hydrogen-bond acceptors (Lipinski definition) is 7. The molecule has 0 saturated carbocycles. The van der Waals surface area contributed by atoms with Crippen molar-refractivity contribution < 1.29 is 33.8 Å².